The second kappa shape index (κ2) is 9.12. The second-order valence-electron chi connectivity index (χ2n) is 6.42. The van der Waals surface area contributed by atoms with Crippen molar-refractivity contribution in [3.05, 3.63) is 48.0 Å². The Morgan fingerprint density at radius 3 is 2.33 bits per heavy atom. The monoisotopic (exact) mass is 372 g/mol. The molecule has 0 saturated carbocycles. The third kappa shape index (κ3) is 4.61. The highest BCUT2D eigenvalue weighted by Crippen LogP contribution is 2.22. The fraction of sp³-hybridized carbons (Fsp3) is 0.400. The van der Waals surface area contributed by atoms with E-state index in [4.69, 9.17) is 0 Å². The number of nitrogens with zero attached hydrogens (tertiary/aromatic N) is 2. The van der Waals surface area contributed by atoms with Crippen LogP contribution in [0.4, 0.5) is 0 Å². The first kappa shape index (κ1) is 20.4. The lowest BCUT2D eigenvalue weighted by molar-refractivity contribution is -0.146. The Balaban J connectivity index is 1.90. The number of hydrogen-bond donors (Lipinski definition) is 0. The highest BCUT2D eigenvalue weighted by Gasteiger charge is 2.34. The van der Waals surface area contributed by atoms with Crippen LogP contribution in [0.5, 0.6) is 0 Å². The number of hydrogen-bond acceptors (Lipinski definition) is 5. The fourth-order valence-corrected chi connectivity index (χ4v) is 3.03. The molecule has 2 rings (SSSR count). The molecular weight excluding hydrogens is 348 g/mol. The zero-order valence-corrected chi connectivity index (χ0v) is 15.6. The van der Waals surface area contributed by atoms with Crippen molar-refractivity contribution in [2.24, 2.45) is 5.92 Å². The van der Waals surface area contributed by atoms with Crippen molar-refractivity contribution in [2.75, 3.05) is 26.7 Å². The van der Waals surface area contributed by atoms with Gasteiger partial charge in [0, 0.05) is 26.1 Å². The molecular formula is C20H24N2O5. The third-order valence-electron chi connectivity index (χ3n) is 4.45. The fourth-order valence-electron chi connectivity index (χ4n) is 3.03. The summed E-state index contributed by atoms with van der Waals surface area (Å²) in [6.07, 6.45) is 2.10. The van der Waals surface area contributed by atoms with E-state index >= 15 is 0 Å². The van der Waals surface area contributed by atoms with Gasteiger partial charge in [0.25, 0.3) is 11.8 Å². The molecule has 144 valence electrons. The third-order valence-corrected chi connectivity index (χ3v) is 4.45. The van der Waals surface area contributed by atoms with Crippen molar-refractivity contribution >= 4 is 23.7 Å². The molecule has 1 aliphatic heterocycles. The molecule has 1 heterocycles. The molecule has 1 aromatic rings. The summed E-state index contributed by atoms with van der Waals surface area (Å²) in [5, 5.41) is 0. The van der Waals surface area contributed by atoms with E-state index in [1.165, 1.54) is 16.9 Å². The van der Waals surface area contributed by atoms with Gasteiger partial charge in [-0.3, -0.25) is 24.1 Å². The number of fused-ring (bicyclic) bond motifs is 1. The predicted octanol–water partition coefficient (Wildman–Crippen LogP) is 1.89. The Morgan fingerprint density at radius 2 is 1.81 bits per heavy atom. The number of carbonyl (C=O) groups excluding carboxylic acids is 4. The molecule has 3 amide bonds. The van der Waals surface area contributed by atoms with Gasteiger partial charge in [0.15, 0.2) is 0 Å². The van der Waals surface area contributed by atoms with Crippen LogP contribution in [0, 0.1) is 5.92 Å². The maximum absolute atomic E-state index is 12.5. The molecule has 0 bridgehead atoms. The van der Waals surface area contributed by atoms with E-state index in [0.29, 0.717) is 24.1 Å². The van der Waals surface area contributed by atoms with E-state index in [2.05, 4.69) is 11.3 Å². The van der Waals surface area contributed by atoms with E-state index in [0.717, 1.165) is 0 Å². The van der Waals surface area contributed by atoms with E-state index in [1.54, 1.807) is 37.3 Å². The number of imide groups is 1. The van der Waals surface area contributed by atoms with Crippen molar-refractivity contribution in [3.8, 4) is 0 Å². The molecule has 27 heavy (non-hydrogen) atoms. The Hall–Kier alpha value is -2.96. The number of amides is 3. The Morgan fingerprint density at radius 1 is 1.22 bits per heavy atom. The quantitative estimate of drug-likeness (QED) is 0.375. The van der Waals surface area contributed by atoms with Gasteiger partial charge in [0.05, 0.1) is 24.2 Å². The summed E-state index contributed by atoms with van der Waals surface area (Å²) in [5.74, 6) is -1.66. The first-order chi connectivity index (χ1) is 12.9. The van der Waals surface area contributed by atoms with Crippen LogP contribution in [0.2, 0.25) is 0 Å². The minimum Gasteiger partial charge on any atom is -0.469 e. The maximum atomic E-state index is 12.5. The predicted molar refractivity (Wildman–Crippen MR) is 99.0 cm³/mol. The summed E-state index contributed by atoms with van der Waals surface area (Å²) in [4.78, 5) is 51.4. The highest BCUT2D eigenvalue weighted by molar-refractivity contribution is 6.21. The van der Waals surface area contributed by atoms with Gasteiger partial charge in [0.2, 0.25) is 5.91 Å². The van der Waals surface area contributed by atoms with Crippen LogP contribution in [0.1, 0.15) is 40.5 Å². The minimum atomic E-state index is -0.449. The van der Waals surface area contributed by atoms with E-state index in [1.807, 2.05) is 0 Å². The molecule has 7 heteroatoms. The molecule has 1 unspecified atom stereocenters. The summed E-state index contributed by atoms with van der Waals surface area (Å²) < 4.78 is 4.69. The zero-order chi connectivity index (χ0) is 20.0. The van der Waals surface area contributed by atoms with Crippen molar-refractivity contribution in [1.29, 1.82) is 0 Å². The van der Waals surface area contributed by atoms with Crippen LogP contribution >= 0.6 is 0 Å². The second-order valence-corrected chi connectivity index (χ2v) is 6.42. The van der Waals surface area contributed by atoms with Crippen LogP contribution < -0.4 is 0 Å². The number of ether oxygens (including phenoxy) is 1. The van der Waals surface area contributed by atoms with E-state index in [9.17, 15) is 19.2 Å². The van der Waals surface area contributed by atoms with Gasteiger partial charge >= 0.3 is 5.97 Å². The van der Waals surface area contributed by atoms with Crippen molar-refractivity contribution < 1.29 is 23.9 Å². The van der Waals surface area contributed by atoms with Crippen molar-refractivity contribution in [3.63, 3.8) is 0 Å². The van der Waals surface area contributed by atoms with Crippen LogP contribution in [-0.2, 0) is 14.3 Å². The molecule has 0 N–H and O–H groups in total. The summed E-state index contributed by atoms with van der Waals surface area (Å²) in [7, 11) is 1.31. The number of rotatable bonds is 9. The highest BCUT2D eigenvalue weighted by atomic mass is 16.5. The average molecular weight is 372 g/mol. The minimum absolute atomic E-state index is 0.162. The van der Waals surface area contributed by atoms with Gasteiger partial charge in [0.1, 0.15) is 0 Å². The number of esters is 1. The van der Waals surface area contributed by atoms with Gasteiger partial charge < -0.3 is 9.64 Å². The lowest BCUT2D eigenvalue weighted by Crippen LogP contribution is -2.38. The van der Waals surface area contributed by atoms with E-state index in [-0.39, 0.29) is 43.2 Å². The van der Waals surface area contributed by atoms with Crippen LogP contribution in [0.3, 0.4) is 0 Å². The molecule has 0 saturated heterocycles. The zero-order valence-electron chi connectivity index (χ0n) is 15.6. The Labute approximate surface area is 158 Å². The van der Waals surface area contributed by atoms with Gasteiger partial charge in [-0.05, 0) is 18.6 Å². The first-order valence-electron chi connectivity index (χ1n) is 8.82. The molecule has 0 aromatic heterocycles. The lowest BCUT2D eigenvalue weighted by atomic mass is 10.1. The number of benzene rings is 1. The van der Waals surface area contributed by atoms with Crippen LogP contribution in [-0.4, -0.2) is 60.2 Å². The Bertz CT molecular complexity index is 723. The molecule has 0 fully saturated rings. The van der Waals surface area contributed by atoms with Crippen molar-refractivity contribution in [2.45, 2.75) is 19.8 Å². The molecule has 0 radical (unpaired) electrons. The molecule has 1 aromatic carbocycles. The summed E-state index contributed by atoms with van der Waals surface area (Å²) >= 11 is 0. The SMILES string of the molecule is C=CCN(CC(C)C(=O)OC)C(=O)CCCN1C(=O)c2ccccc2C1=O. The number of carbonyl (C=O) groups is 4. The average Bonchev–Trinajstić information content (AvgIpc) is 2.91. The molecule has 0 spiro atoms. The molecule has 0 aliphatic carbocycles. The molecule has 1 aliphatic rings. The van der Waals surface area contributed by atoms with Crippen LogP contribution in [0.15, 0.2) is 36.9 Å². The summed E-state index contributed by atoms with van der Waals surface area (Å²) in [6.45, 7) is 6.03. The van der Waals surface area contributed by atoms with Crippen LogP contribution in [0.25, 0.3) is 0 Å². The van der Waals surface area contributed by atoms with Gasteiger partial charge in [-0.15, -0.1) is 6.58 Å². The maximum Gasteiger partial charge on any atom is 0.310 e. The Kier molecular flexibility index (Phi) is 6.87. The summed E-state index contributed by atoms with van der Waals surface area (Å²) in [5.41, 5.74) is 0.794. The normalized spacial score (nSPS) is 13.9. The van der Waals surface area contributed by atoms with Gasteiger partial charge in [-0.2, -0.15) is 0 Å². The topological polar surface area (TPSA) is 84.0 Å². The number of methoxy groups -OCH3 is 1. The smallest absolute Gasteiger partial charge is 0.310 e. The largest absolute Gasteiger partial charge is 0.469 e. The van der Waals surface area contributed by atoms with Gasteiger partial charge in [-0.1, -0.05) is 25.1 Å². The first-order valence-corrected chi connectivity index (χ1v) is 8.82. The lowest BCUT2D eigenvalue weighted by Gasteiger charge is -2.24. The standard InChI is InChI=1S/C20H24N2O5/c1-4-11-21(13-14(2)20(26)27-3)17(23)10-7-12-22-18(24)15-8-5-6-9-16(15)19(22)25/h4-6,8-9,14H,1,7,10-13H2,2-3H3. The summed E-state index contributed by atoms with van der Waals surface area (Å²) in [6, 6.07) is 6.68. The van der Waals surface area contributed by atoms with E-state index < -0.39 is 5.92 Å². The van der Waals surface area contributed by atoms with Gasteiger partial charge in [-0.25, -0.2) is 0 Å². The molecule has 1 atom stereocenters. The molecule has 7 nitrogen and oxygen atoms in total. The van der Waals surface area contributed by atoms with Crippen molar-refractivity contribution in [1.82, 2.24) is 9.80 Å².